The number of hydrogen-bond acceptors (Lipinski definition) is 4. The highest BCUT2D eigenvalue weighted by Crippen LogP contribution is 2.24. The minimum atomic E-state index is 0.165. The monoisotopic (exact) mass is 450 g/mol. The number of aromatic nitrogens is 2. The number of nitrogens with zero attached hydrogens (tertiary/aromatic N) is 3. The summed E-state index contributed by atoms with van der Waals surface area (Å²) in [4.78, 5) is 24.2. The maximum absolute atomic E-state index is 13.3. The molecule has 2 unspecified atom stereocenters. The van der Waals surface area contributed by atoms with E-state index in [9.17, 15) is 4.79 Å². The molecule has 1 N–H and O–H groups in total. The second kappa shape index (κ2) is 10.6. The summed E-state index contributed by atoms with van der Waals surface area (Å²) in [6.45, 7) is 1.56. The first kappa shape index (κ1) is 22.2. The summed E-state index contributed by atoms with van der Waals surface area (Å²) in [5.74, 6) is 0.165. The van der Waals surface area contributed by atoms with Crippen molar-refractivity contribution in [2.24, 2.45) is 0 Å². The summed E-state index contributed by atoms with van der Waals surface area (Å²) in [6.07, 6.45) is 6.74. The minimum absolute atomic E-state index is 0.165. The summed E-state index contributed by atoms with van der Waals surface area (Å²) in [5, 5.41) is 4.97. The lowest BCUT2D eigenvalue weighted by atomic mass is 9.91. The first-order valence-corrected chi connectivity index (χ1v) is 12.1. The number of amides is 1. The Balaban J connectivity index is 1.29. The highest BCUT2D eigenvalue weighted by atomic mass is 16.2. The van der Waals surface area contributed by atoms with Crippen LogP contribution in [-0.4, -0.2) is 39.4 Å². The van der Waals surface area contributed by atoms with Crippen LogP contribution in [0.4, 0.5) is 0 Å². The highest BCUT2D eigenvalue weighted by Gasteiger charge is 2.31. The summed E-state index contributed by atoms with van der Waals surface area (Å²) in [5.41, 5.74) is 4.39. The maximum Gasteiger partial charge on any atom is 0.228 e. The molecule has 0 aliphatic carbocycles. The fraction of sp³-hybridized carbons (Fsp3) is 0.276. The van der Waals surface area contributed by atoms with Gasteiger partial charge in [0.2, 0.25) is 5.91 Å². The van der Waals surface area contributed by atoms with Crippen molar-refractivity contribution < 1.29 is 4.79 Å². The molecule has 1 aliphatic rings. The van der Waals surface area contributed by atoms with E-state index < -0.39 is 0 Å². The smallest absolute Gasteiger partial charge is 0.228 e. The number of carbonyl (C=O) groups excluding carboxylic acids is 1. The molecule has 4 aromatic rings. The lowest BCUT2D eigenvalue weighted by Crippen LogP contribution is -2.52. The largest absolute Gasteiger partial charge is 0.339 e. The molecule has 5 rings (SSSR count). The third-order valence-corrected chi connectivity index (χ3v) is 6.73. The van der Waals surface area contributed by atoms with Crippen LogP contribution < -0.4 is 5.32 Å². The van der Waals surface area contributed by atoms with E-state index in [1.54, 1.807) is 6.20 Å². The SMILES string of the molecule is O=C(Cc1ccccn1)N1CCC(NCc2ccnc3ccccc23)CC1Cc1ccccc1. The van der Waals surface area contributed by atoms with Crippen LogP contribution in [0.25, 0.3) is 10.9 Å². The Morgan fingerprint density at radius 3 is 2.59 bits per heavy atom. The predicted octanol–water partition coefficient (Wildman–Crippen LogP) is 4.56. The molecule has 0 saturated carbocycles. The molecule has 172 valence electrons. The summed E-state index contributed by atoms with van der Waals surface area (Å²) in [6, 6.07) is 27.2. The summed E-state index contributed by atoms with van der Waals surface area (Å²) < 4.78 is 0. The van der Waals surface area contributed by atoms with Crippen LogP contribution >= 0.6 is 0 Å². The van der Waals surface area contributed by atoms with Crippen molar-refractivity contribution in [1.82, 2.24) is 20.2 Å². The molecule has 0 spiro atoms. The number of para-hydroxylation sites is 1. The number of fused-ring (bicyclic) bond motifs is 1. The van der Waals surface area contributed by atoms with Gasteiger partial charge in [-0.2, -0.15) is 0 Å². The van der Waals surface area contributed by atoms with Crippen LogP contribution in [0.2, 0.25) is 0 Å². The Morgan fingerprint density at radius 1 is 0.912 bits per heavy atom. The lowest BCUT2D eigenvalue weighted by Gasteiger charge is -2.40. The van der Waals surface area contributed by atoms with Crippen molar-refractivity contribution in [2.75, 3.05) is 6.54 Å². The van der Waals surface area contributed by atoms with Crippen molar-refractivity contribution in [2.45, 2.75) is 44.3 Å². The second-order valence-electron chi connectivity index (χ2n) is 9.02. The lowest BCUT2D eigenvalue weighted by molar-refractivity contribution is -0.134. The van der Waals surface area contributed by atoms with Crippen LogP contribution in [0, 0.1) is 0 Å². The molecular weight excluding hydrogens is 420 g/mol. The highest BCUT2D eigenvalue weighted by molar-refractivity contribution is 5.81. The minimum Gasteiger partial charge on any atom is -0.339 e. The Labute approximate surface area is 200 Å². The average molecular weight is 451 g/mol. The first-order chi connectivity index (χ1) is 16.8. The van der Waals surface area contributed by atoms with E-state index in [4.69, 9.17) is 0 Å². The van der Waals surface area contributed by atoms with E-state index in [1.165, 1.54) is 16.5 Å². The van der Waals surface area contributed by atoms with Gasteiger partial charge in [-0.25, -0.2) is 0 Å². The van der Waals surface area contributed by atoms with Crippen molar-refractivity contribution in [3.05, 3.63) is 108 Å². The Kier molecular flexibility index (Phi) is 6.91. The number of carbonyl (C=O) groups is 1. The van der Waals surface area contributed by atoms with Crippen LogP contribution in [0.3, 0.4) is 0 Å². The molecule has 0 bridgehead atoms. The molecule has 1 aliphatic heterocycles. The van der Waals surface area contributed by atoms with Gasteiger partial charge in [-0.15, -0.1) is 0 Å². The van der Waals surface area contributed by atoms with Crippen molar-refractivity contribution in [3.8, 4) is 0 Å². The van der Waals surface area contributed by atoms with Crippen molar-refractivity contribution in [3.63, 3.8) is 0 Å². The predicted molar refractivity (Wildman–Crippen MR) is 135 cm³/mol. The Morgan fingerprint density at radius 2 is 1.74 bits per heavy atom. The van der Waals surface area contributed by atoms with Gasteiger partial charge < -0.3 is 10.2 Å². The van der Waals surface area contributed by atoms with Gasteiger partial charge in [-0.1, -0.05) is 54.6 Å². The van der Waals surface area contributed by atoms with Gasteiger partial charge in [0.05, 0.1) is 11.9 Å². The standard InChI is InChI=1S/C29H30N4O/c34-29(20-24-10-6-7-15-30-24)33-17-14-25(19-26(33)18-22-8-2-1-3-9-22)32-21-23-13-16-31-28-12-5-4-11-27(23)28/h1-13,15-16,25-26,32H,14,17-21H2. The molecule has 1 saturated heterocycles. The van der Waals surface area contributed by atoms with E-state index in [2.05, 4.69) is 68.7 Å². The summed E-state index contributed by atoms with van der Waals surface area (Å²) in [7, 11) is 0. The Bertz CT molecular complexity index is 1220. The fourth-order valence-electron chi connectivity index (χ4n) is 4.97. The fourth-order valence-corrected chi connectivity index (χ4v) is 4.97. The third kappa shape index (κ3) is 5.32. The van der Waals surface area contributed by atoms with Gasteiger partial charge in [0.1, 0.15) is 0 Å². The summed E-state index contributed by atoms with van der Waals surface area (Å²) >= 11 is 0. The number of piperidine rings is 1. The molecule has 5 nitrogen and oxygen atoms in total. The molecule has 3 heterocycles. The number of rotatable bonds is 7. The normalized spacial score (nSPS) is 18.2. The zero-order valence-electron chi connectivity index (χ0n) is 19.3. The topological polar surface area (TPSA) is 58.1 Å². The van der Waals surface area contributed by atoms with E-state index in [-0.39, 0.29) is 11.9 Å². The number of benzene rings is 2. The van der Waals surface area contributed by atoms with E-state index >= 15 is 0 Å². The van der Waals surface area contributed by atoms with Crippen molar-refractivity contribution >= 4 is 16.8 Å². The molecule has 34 heavy (non-hydrogen) atoms. The Hall–Kier alpha value is -3.57. The zero-order valence-corrected chi connectivity index (χ0v) is 19.3. The van der Waals surface area contributed by atoms with Gasteiger partial charge in [0.15, 0.2) is 0 Å². The zero-order chi connectivity index (χ0) is 23.2. The molecular formula is C29H30N4O. The molecule has 0 radical (unpaired) electrons. The number of pyridine rings is 2. The second-order valence-corrected chi connectivity index (χ2v) is 9.02. The van der Waals surface area contributed by atoms with Gasteiger partial charge in [0, 0.05) is 48.6 Å². The quantitative estimate of drug-likeness (QED) is 0.448. The van der Waals surface area contributed by atoms with E-state index in [0.29, 0.717) is 12.5 Å². The number of nitrogens with one attached hydrogen (secondary N) is 1. The van der Waals surface area contributed by atoms with Crippen LogP contribution in [-0.2, 0) is 24.2 Å². The maximum atomic E-state index is 13.3. The molecule has 2 aromatic heterocycles. The molecule has 1 amide bonds. The van der Waals surface area contributed by atoms with E-state index in [1.807, 2.05) is 36.5 Å². The van der Waals surface area contributed by atoms with Crippen LogP contribution in [0.5, 0.6) is 0 Å². The molecule has 5 heteroatoms. The van der Waals surface area contributed by atoms with Gasteiger partial charge in [0.25, 0.3) is 0 Å². The van der Waals surface area contributed by atoms with Gasteiger partial charge in [-0.05, 0) is 54.7 Å². The third-order valence-electron chi connectivity index (χ3n) is 6.73. The molecule has 1 fully saturated rings. The van der Waals surface area contributed by atoms with Crippen molar-refractivity contribution in [1.29, 1.82) is 0 Å². The van der Waals surface area contributed by atoms with Crippen LogP contribution in [0.1, 0.15) is 29.7 Å². The average Bonchev–Trinajstić information content (AvgIpc) is 2.89. The first-order valence-electron chi connectivity index (χ1n) is 12.1. The van der Waals surface area contributed by atoms with E-state index in [0.717, 1.165) is 43.6 Å². The number of hydrogen-bond donors (Lipinski definition) is 1. The van der Waals surface area contributed by atoms with Crippen LogP contribution in [0.15, 0.2) is 91.3 Å². The molecule has 2 aromatic carbocycles. The van der Waals surface area contributed by atoms with Gasteiger partial charge in [-0.3, -0.25) is 14.8 Å². The van der Waals surface area contributed by atoms with Gasteiger partial charge >= 0.3 is 0 Å². The number of likely N-dealkylation sites (tertiary alicyclic amines) is 1. The molecule has 2 atom stereocenters.